The minimum Gasteiger partial charge on any atom is -0.480 e. The largest absolute Gasteiger partial charge is 0.480 e. The summed E-state index contributed by atoms with van der Waals surface area (Å²) in [7, 11) is 0. The highest BCUT2D eigenvalue weighted by molar-refractivity contribution is 8.00. The van der Waals surface area contributed by atoms with Gasteiger partial charge in [-0.3, -0.25) is 4.79 Å². The van der Waals surface area contributed by atoms with Crippen LogP contribution in [0.2, 0.25) is 0 Å². The molecule has 1 saturated heterocycles. The molecule has 0 radical (unpaired) electrons. The molecule has 0 bridgehead atoms. The molecule has 1 fully saturated rings. The molecule has 0 aromatic heterocycles. The van der Waals surface area contributed by atoms with Gasteiger partial charge in [0.25, 0.3) is 0 Å². The zero-order valence-corrected chi connectivity index (χ0v) is 11.7. The number of nitrogens with zero attached hydrogens (tertiary/aromatic N) is 1. The van der Waals surface area contributed by atoms with Crippen molar-refractivity contribution >= 4 is 23.6 Å². The molecule has 9 heteroatoms. The second kappa shape index (κ2) is 7.16. The van der Waals surface area contributed by atoms with Crippen LogP contribution in [0.25, 0.3) is 0 Å². The Kier molecular flexibility index (Phi) is 6.12. The minimum atomic E-state index is -4.50. The summed E-state index contributed by atoms with van der Waals surface area (Å²) in [4.78, 5) is 24.1. The van der Waals surface area contributed by atoms with Gasteiger partial charge >= 0.3 is 12.1 Å². The molecule has 1 amide bonds. The van der Waals surface area contributed by atoms with Crippen LogP contribution in [-0.2, 0) is 14.3 Å². The first kappa shape index (κ1) is 17.1. The number of rotatable bonds is 6. The number of thioether (sulfide) groups is 1. The molecular weight excluding hydrogens is 299 g/mol. The molecule has 1 aliphatic rings. The third-order valence-electron chi connectivity index (χ3n) is 2.69. The first-order valence-corrected chi connectivity index (χ1v) is 7.11. The molecule has 5 nitrogen and oxygen atoms in total. The molecule has 0 aromatic rings. The molecule has 1 aliphatic heterocycles. The van der Waals surface area contributed by atoms with Gasteiger partial charge in [-0.25, -0.2) is 4.79 Å². The number of ether oxygens (including phenoxy) is 1. The zero-order chi connectivity index (χ0) is 15.3. The second-order valence-electron chi connectivity index (χ2n) is 4.34. The predicted molar refractivity (Wildman–Crippen MR) is 66.3 cm³/mol. The van der Waals surface area contributed by atoms with Crippen molar-refractivity contribution in [1.82, 2.24) is 4.90 Å². The van der Waals surface area contributed by atoms with E-state index in [4.69, 9.17) is 5.11 Å². The summed E-state index contributed by atoms with van der Waals surface area (Å²) in [6.45, 7) is -0.391. The van der Waals surface area contributed by atoms with E-state index in [9.17, 15) is 22.8 Å². The topological polar surface area (TPSA) is 66.8 Å². The fourth-order valence-electron chi connectivity index (χ4n) is 1.89. The number of carbonyl (C=O) groups is 2. The summed E-state index contributed by atoms with van der Waals surface area (Å²) in [5, 5.41) is 8.73. The second-order valence-corrected chi connectivity index (χ2v) is 5.55. The average molecular weight is 315 g/mol. The molecule has 116 valence electrons. The Hall–Kier alpha value is -0.960. The lowest BCUT2D eigenvalue weighted by molar-refractivity contribution is -0.179. The summed E-state index contributed by atoms with van der Waals surface area (Å²) in [5.41, 5.74) is 0. The molecule has 2 atom stereocenters. The molecule has 1 N–H and O–H groups in total. The summed E-state index contributed by atoms with van der Waals surface area (Å²) in [6.07, 6.45) is -3.16. The Labute approximate surface area is 118 Å². The number of carboxylic acid groups (broad SMARTS) is 1. The van der Waals surface area contributed by atoms with Crippen molar-refractivity contribution < 1.29 is 32.6 Å². The lowest BCUT2D eigenvalue weighted by Crippen LogP contribution is -2.47. The Morgan fingerprint density at radius 3 is 2.60 bits per heavy atom. The van der Waals surface area contributed by atoms with Gasteiger partial charge in [0.1, 0.15) is 19.3 Å². The van der Waals surface area contributed by atoms with E-state index in [0.29, 0.717) is 6.42 Å². The Morgan fingerprint density at radius 2 is 2.10 bits per heavy atom. The Morgan fingerprint density at radius 1 is 1.45 bits per heavy atom. The van der Waals surface area contributed by atoms with Gasteiger partial charge in [-0.1, -0.05) is 13.3 Å². The number of halogens is 3. The normalized spacial score (nSPS) is 23.1. The van der Waals surface area contributed by atoms with Crippen LogP contribution in [-0.4, -0.2) is 58.4 Å². The van der Waals surface area contributed by atoms with Crippen molar-refractivity contribution in [1.29, 1.82) is 0 Å². The average Bonchev–Trinajstić information content (AvgIpc) is 2.71. The molecule has 0 saturated carbocycles. The van der Waals surface area contributed by atoms with E-state index in [2.05, 4.69) is 4.74 Å². The zero-order valence-electron chi connectivity index (χ0n) is 10.9. The maximum atomic E-state index is 11.9. The number of carbonyl (C=O) groups excluding carboxylic acids is 1. The van der Waals surface area contributed by atoms with Crippen LogP contribution in [0.3, 0.4) is 0 Å². The minimum absolute atomic E-state index is 0.241. The Balaban J connectivity index is 2.62. The van der Waals surface area contributed by atoms with Crippen molar-refractivity contribution in [3.05, 3.63) is 0 Å². The molecule has 0 aliphatic carbocycles. The monoisotopic (exact) mass is 315 g/mol. The predicted octanol–water partition coefficient (Wildman–Crippen LogP) is 1.72. The number of hydrogen-bond donors (Lipinski definition) is 1. The summed E-state index contributed by atoms with van der Waals surface area (Å²) in [6, 6.07) is -1.00. The van der Waals surface area contributed by atoms with Crippen molar-refractivity contribution in [2.24, 2.45) is 0 Å². The highest BCUT2D eigenvalue weighted by Gasteiger charge is 2.41. The highest BCUT2D eigenvalue weighted by atomic mass is 32.2. The molecule has 1 heterocycles. The van der Waals surface area contributed by atoms with Crippen LogP contribution in [0.1, 0.15) is 19.8 Å². The van der Waals surface area contributed by atoms with E-state index in [1.165, 1.54) is 11.8 Å². The van der Waals surface area contributed by atoms with E-state index in [0.717, 1.165) is 11.3 Å². The highest BCUT2D eigenvalue weighted by Crippen LogP contribution is 2.32. The maximum absolute atomic E-state index is 11.9. The van der Waals surface area contributed by atoms with Gasteiger partial charge in [-0.05, 0) is 6.42 Å². The molecule has 1 rings (SSSR count). The lowest BCUT2D eigenvalue weighted by Gasteiger charge is -2.27. The molecule has 20 heavy (non-hydrogen) atoms. The quantitative estimate of drug-likeness (QED) is 0.808. The van der Waals surface area contributed by atoms with Crippen LogP contribution < -0.4 is 0 Å². The summed E-state index contributed by atoms with van der Waals surface area (Å²) in [5.74, 6) is -1.63. The summed E-state index contributed by atoms with van der Waals surface area (Å²) < 4.78 is 40.1. The summed E-state index contributed by atoms with van der Waals surface area (Å²) >= 11 is 1.33. The van der Waals surface area contributed by atoms with Gasteiger partial charge in [0.15, 0.2) is 0 Å². The first-order chi connectivity index (χ1) is 9.26. The van der Waals surface area contributed by atoms with Crippen LogP contribution in [0.15, 0.2) is 0 Å². The van der Waals surface area contributed by atoms with E-state index in [-0.39, 0.29) is 11.1 Å². The molecule has 0 spiro atoms. The van der Waals surface area contributed by atoms with E-state index in [1.54, 1.807) is 0 Å². The molecule has 0 aromatic carbocycles. The van der Waals surface area contributed by atoms with Gasteiger partial charge in [-0.2, -0.15) is 13.2 Å². The van der Waals surface area contributed by atoms with Crippen molar-refractivity contribution in [2.45, 2.75) is 37.4 Å². The third kappa shape index (κ3) is 4.86. The van der Waals surface area contributed by atoms with E-state index >= 15 is 0 Å². The van der Waals surface area contributed by atoms with Gasteiger partial charge in [-0.15, -0.1) is 11.8 Å². The van der Waals surface area contributed by atoms with E-state index < -0.39 is 37.3 Å². The van der Waals surface area contributed by atoms with Gasteiger partial charge in [0.2, 0.25) is 5.91 Å². The van der Waals surface area contributed by atoms with Gasteiger partial charge in [0.05, 0.1) is 5.37 Å². The van der Waals surface area contributed by atoms with Crippen LogP contribution in [0.4, 0.5) is 13.2 Å². The van der Waals surface area contributed by atoms with Crippen molar-refractivity contribution in [2.75, 3.05) is 19.0 Å². The Bertz CT molecular complexity index is 364. The van der Waals surface area contributed by atoms with Crippen molar-refractivity contribution in [3.63, 3.8) is 0 Å². The van der Waals surface area contributed by atoms with Crippen molar-refractivity contribution in [3.8, 4) is 0 Å². The third-order valence-corrected chi connectivity index (χ3v) is 4.05. The number of amides is 1. The number of hydrogen-bond acceptors (Lipinski definition) is 4. The van der Waals surface area contributed by atoms with Gasteiger partial charge < -0.3 is 14.7 Å². The van der Waals surface area contributed by atoms with Gasteiger partial charge in [0, 0.05) is 5.75 Å². The smallest absolute Gasteiger partial charge is 0.411 e. The number of aliphatic carboxylic acids is 1. The maximum Gasteiger partial charge on any atom is 0.411 e. The lowest BCUT2D eigenvalue weighted by atomic mass is 10.2. The van der Waals surface area contributed by atoms with Crippen LogP contribution in [0.5, 0.6) is 0 Å². The number of alkyl halides is 3. The fourth-order valence-corrected chi connectivity index (χ4v) is 3.42. The van der Waals surface area contributed by atoms with E-state index in [1.807, 2.05) is 6.92 Å². The van der Waals surface area contributed by atoms with Crippen LogP contribution in [0, 0.1) is 0 Å². The standard InChI is InChI=1S/C11H16F3NO4S/c1-2-3-9-15(7(5-20-9)10(17)18)8(16)4-19-6-11(12,13)14/h7,9H,2-6H2,1H3,(H,17,18). The first-order valence-electron chi connectivity index (χ1n) is 6.06. The SMILES string of the molecule is CCCC1SCC(C(=O)O)N1C(=O)COCC(F)(F)F. The van der Waals surface area contributed by atoms with Crippen LogP contribution >= 0.6 is 11.8 Å². The number of carboxylic acids is 1. The molecule has 2 unspecified atom stereocenters. The fraction of sp³-hybridized carbons (Fsp3) is 0.818. The molecular formula is C11H16F3NO4S.